The Morgan fingerprint density at radius 1 is 0.931 bits per heavy atom. The first-order valence-electron chi connectivity index (χ1n) is 11.7. The minimum absolute atomic E-state index is 0. The van der Waals surface area contributed by atoms with E-state index in [2.05, 4.69) is 45.2 Å². The van der Waals surface area contributed by atoms with Crippen molar-refractivity contribution in [3.8, 4) is 0 Å². The van der Waals surface area contributed by atoms with Crippen molar-refractivity contribution in [1.29, 1.82) is 0 Å². The van der Waals surface area contributed by atoms with Gasteiger partial charge in [0.05, 0.1) is 33.8 Å². The first-order chi connectivity index (χ1) is 13.3. The molecule has 0 spiro atoms. The predicted molar refractivity (Wildman–Crippen MR) is 128 cm³/mol. The smallest absolute Gasteiger partial charge is 0.0798 e. The molecule has 0 radical (unpaired) electrons. The first kappa shape index (κ1) is 30.6. The summed E-state index contributed by atoms with van der Waals surface area (Å²) in [6.07, 6.45) is 19.3. The molecule has 1 N–H and O–H groups in total. The van der Waals surface area contributed by atoms with Gasteiger partial charge in [0.25, 0.3) is 0 Å². The molecular weight excluding hydrogens is 384 g/mol. The molecule has 4 nitrogen and oxygen atoms in total. The summed E-state index contributed by atoms with van der Waals surface area (Å²) in [5.41, 5.74) is 0. The van der Waals surface area contributed by atoms with Gasteiger partial charge >= 0.3 is 0 Å². The molecule has 0 amide bonds. The molecule has 0 aliphatic carbocycles. The molecule has 1 atom stereocenters. The highest BCUT2D eigenvalue weighted by Crippen LogP contribution is 2.10. The van der Waals surface area contributed by atoms with E-state index in [1.54, 1.807) is 0 Å². The molecule has 0 aromatic rings. The monoisotopic (exact) mass is 432 g/mol. The van der Waals surface area contributed by atoms with Gasteiger partial charge in [-0.1, -0.05) is 64.0 Å². The van der Waals surface area contributed by atoms with Crippen LogP contribution in [0.5, 0.6) is 0 Å². The molecule has 0 fully saturated rings. The summed E-state index contributed by atoms with van der Waals surface area (Å²) in [5.74, 6) is 0.0811. The van der Waals surface area contributed by atoms with E-state index < -0.39 is 0 Å². The maximum atomic E-state index is 11.7. The molecule has 0 aliphatic rings. The van der Waals surface area contributed by atoms with Gasteiger partial charge in [0.2, 0.25) is 0 Å². The Labute approximate surface area is 187 Å². The Balaban J connectivity index is 0. The van der Waals surface area contributed by atoms with Crippen molar-refractivity contribution in [3.05, 3.63) is 12.2 Å². The van der Waals surface area contributed by atoms with Gasteiger partial charge in [-0.25, -0.2) is 0 Å². The topological polar surface area (TPSA) is 55.6 Å². The van der Waals surface area contributed by atoms with Crippen LogP contribution >= 0.6 is 12.4 Å². The number of hydrogen-bond acceptors (Lipinski definition) is 3. The summed E-state index contributed by atoms with van der Waals surface area (Å²) >= 11 is 0. The lowest BCUT2D eigenvalue weighted by molar-refractivity contribution is -0.870. The zero-order chi connectivity index (χ0) is 21.1. The molecule has 0 aromatic heterocycles. The van der Waals surface area contributed by atoms with Crippen LogP contribution in [0.25, 0.3) is 0 Å². The quantitative estimate of drug-likeness (QED) is 0.0993. The SMILES string of the molecule is CCCCCC[C@@H](O)CC=CCCCCCCCC([O-])=NCCC[N+](C)(C)C.Cl. The van der Waals surface area contributed by atoms with Crippen LogP contribution in [0.1, 0.15) is 96.8 Å². The highest BCUT2D eigenvalue weighted by Gasteiger charge is 2.04. The standard InChI is InChI=1S/C24H48N2O2.ClH/c1-5-6-7-14-18-23(27)19-15-12-10-8-9-11-13-16-20-24(28)25-21-17-22-26(2,3)4;/h12,15,23,27H,5-11,13-14,16-22H2,1-4H3;1H/t23-;/m1./s1. The maximum absolute atomic E-state index is 11.7. The number of hydrogen-bond donors (Lipinski definition) is 1. The van der Waals surface area contributed by atoms with E-state index in [1.807, 2.05) is 0 Å². The average molecular weight is 433 g/mol. The molecular formula is C24H49ClN2O2. The number of aliphatic imine (C=N–C) groups is 1. The first-order valence-corrected chi connectivity index (χ1v) is 11.7. The second-order valence-corrected chi connectivity index (χ2v) is 9.16. The molecule has 0 aliphatic heterocycles. The van der Waals surface area contributed by atoms with Gasteiger partial charge in [-0.3, -0.25) is 0 Å². The Kier molecular flexibility index (Phi) is 21.8. The fraction of sp³-hybridized carbons (Fsp3) is 0.875. The summed E-state index contributed by atoms with van der Waals surface area (Å²) in [5, 5.41) is 21.6. The van der Waals surface area contributed by atoms with E-state index >= 15 is 0 Å². The summed E-state index contributed by atoms with van der Waals surface area (Å²) in [7, 11) is 6.49. The van der Waals surface area contributed by atoms with E-state index in [0.717, 1.165) is 56.0 Å². The molecule has 29 heavy (non-hydrogen) atoms. The van der Waals surface area contributed by atoms with E-state index in [0.29, 0.717) is 13.0 Å². The molecule has 5 heteroatoms. The van der Waals surface area contributed by atoms with Crippen LogP contribution < -0.4 is 5.11 Å². The van der Waals surface area contributed by atoms with Crippen LogP contribution in [0.3, 0.4) is 0 Å². The zero-order valence-corrected chi connectivity index (χ0v) is 20.5. The van der Waals surface area contributed by atoms with E-state index in [-0.39, 0.29) is 24.4 Å². The van der Waals surface area contributed by atoms with Crippen molar-refractivity contribution >= 4 is 18.3 Å². The van der Waals surface area contributed by atoms with Crippen LogP contribution in [-0.4, -0.2) is 55.8 Å². The van der Waals surface area contributed by atoms with E-state index in [9.17, 15) is 10.2 Å². The number of aliphatic hydroxyl groups is 1. The van der Waals surface area contributed by atoms with Crippen LogP contribution in [0.4, 0.5) is 0 Å². The van der Waals surface area contributed by atoms with Crippen LogP contribution in [0, 0.1) is 0 Å². The lowest BCUT2D eigenvalue weighted by Crippen LogP contribution is -2.35. The van der Waals surface area contributed by atoms with E-state index in [4.69, 9.17) is 0 Å². The second-order valence-electron chi connectivity index (χ2n) is 9.16. The van der Waals surface area contributed by atoms with Gasteiger partial charge in [0, 0.05) is 13.0 Å². The number of quaternary nitrogens is 1. The summed E-state index contributed by atoms with van der Waals surface area (Å²) in [6.45, 7) is 3.95. The van der Waals surface area contributed by atoms with Crippen LogP contribution in [0.2, 0.25) is 0 Å². The normalized spacial score (nSPS) is 13.6. The van der Waals surface area contributed by atoms with Gasteiger partial charge < -0.3 is 19.7 Å². The summed E-state index contributed by atoms with van der Waals surface area (Å²) in [6, 6.07) is 0. The van der Waals surface area contributed by atoms with Crippen molar-refractivity contribution in [2.45, 2.75) is 103 Å². The van der Waals surface area contributed by atoms with Gasteiger partial charge in [-0.2, -0.15) is 0 Å². The third-order valence-corrected chi connectivity index (χ3v) is 5.00. The van der Waals surface area contributed by atoms with Crippen molar-refractivity contribution in [2.24, 2.45) is 4.99 Å². The van der Waals surface area contributed by atoms with Gasteiger partial charge in [0.15, 0.2) is 0 Å². The maximum Gasteiger partial charge on any atom is 0.0798 e. The molecule has 0 saturated carbocycles. The number of halogens is 1. The highest BCUT2D eigenvalue weighted by molar-refractivity contribution is 5.85. The van der Waals surface area contributed by atoms with Gasteiger partial charge in [-0.05, 0) is 44.4 Å². The molecule has 0 aromatic carbocycles. The van der Waals surface area contributed by atoms with Crippen molar-refractivity contribution in [3.63, 3.8) is 0 Å². The number of allylic oxidation sites excluding steroid dienone is 1. The van der Waals surface area contributed by atoms with Gasteiger partial charge in [-0.15, -0.1) is 12.4 Å². The number of rotatable bonds is 19. The fourth-order valence-electron chi connectivity index (χ4n) is 3.19. The van der Waals surface area contributed by atoms with Crippen molar-refractivity contribution in [1.82, 2.24) is 0 Å². The Morgan fingerprint density at radius 2 is 1.59 bits per heavy atom. The molecule has 0 saturated heterocycles. The minimum Gasteiger partial charge on any atom is -0.862 e. The summed E-state index contributed by atoms with van der Waals surface area (Å²) < 4.78 is 0.929. The molecule has 0 bridgehead atoms. The zero-order valence-electron chi connectivity index (χ0n) is 19.7. The molecule has 0 heterocycles. The van der Waals surface area contributed by atoms with Crippen molar-refractivity contribution in [2.75, 3.05) is 34.2 Å². The molecule has 174 valence electrons. The lowest BCUT2D eigenvalue weighted by Gasteiger charge is -2.23. The molecule has 0 unspecified atom stereocenters. The van der Waals surface area contributed by atoms with Crippen LogP contribution in [0.15, 0.2) is 17.1 Å². The Morgan fingerprint density at radius 3 is 2.28 bits per heavy atom. The largest absolute Gasteiger partial charge is 0.862 e. The number of aliphatic hydroxyl groups excluding tert-OH is 1. The predicted octanol–water partition coefficient (Wildman–Crippen LogP) is 5.27. The number of unbranched alkanes of at least 4 members (excludes halogenated alkanes) is 8. The lowest BCUT2D eigenvalue weighted by atomic mass is 10.1. The Bertz CT molecular complexity index is 406. The van der Waals surface area contributed by atoms with Gasteiger partial charge in [0.1, 0.15) is 0 Å². The minimum atomic E-state index is -0.163. The third-order valence-electron chi connectivity index (χ3n) is 5.00. The average Bonchev–Trinajstić information content (AvgIpc) is 2.63. The number of nitrogens with zero attached hydrogens (tertiary/aromatic N) is 2. The highest BCUT2D eigenvalue weighted by atomic mass is 35.5. The fourth-order valence-corrected chi connectivity index (χ4v) is 3.19. The molecule has 0 rings (SSSR count). The van der Waals surface area contributed by atoms with Crippen molar-refractivity contribution < 1.29 is 14.7 Å². The third kappa shape index (κ3) is 25.4. The van der Waals surface area contributed by atoms with Crippen LogP contribution in [-0.2, 0) is 0 Å². The van der Waals surface area contributed by atoms with E-state index in [1.165, 1.54) is 38.5 Å². The second kappa shape index (κ2) is 20.7. The summed E-state index contributed by atoms with van der Waals surface area (Å²) in [4.78, 5) is 4.16. The Hall–Kier alpha value is -0.580.